The quantitative estimate of drug-likeness (QED) is 0.0151. The van der Waals surface area contributed by atoms with Gasteiger partial charge in [0.15, 0.2) is 5.78 Å². The van der Waals surface area contributed by atoms with Crippen molar-refractivity contribution >= 4 is 76.7 Å². The van der Waals surface area contributed by atoms with E-state index in [-0.39, 0.29) is 25.8 Å². The summed E-state index contributed by atoms with van der Waals surface area (Å²) in [5, 5.41) is 46.4. The van der Waals surface area contributed by atoms with Crippen molar-refractivity contribution < 1.29 is 72.5 Å². The molecule has 0 radical (unpaired) electrons. The van der Waals surface area contributed by atoms with Crippen molar-refractivity contribution in [3.63, 3.8) is 0 Å². The lowest BCUT2D eigenvalue weighted by Crippen LogP contribution is -2.62. The third kappa shape index (κ3) is 24.1. The molecular formula is C57H93N13O15. The van der Waals surface area contributed by atoms with E-state index in [0.29, 0.717) is 25.1 Å². The largest absolute Gasteiger partial charge is 0.458 e. The van der Waals surface area contributed by atoms with Crippen LogP contribution in [0, 0.1) is 23.7 Å². The average Bonchev–Trinajstić information content (AvgIpc) is 3.70. The number of likely N-dealkylation sites (N-methyl/N-ethyl adjacent to an activating group) is 1. The van der Waals surface area contributed by atoms with E-state index in [4.69, 9.17) is 16.2 Å². The number of nitrogens with one attached hydrogen (secondary N) is 10. The first kappa shape index (κ1) is 73.5. The van der Waals surface area contributed by atoms with Crippen molar-refractivity contribution in [2.75, 3.05) is 26.8 Å². The third-order valence-corrected chi connectivity index (χ3v) is 15.0. The molecule has 28 nitrogen and oxygen atoms in total. The van der Waals surface area contributed by atoms with Crippen molar-refractivity contribution in [3.05, 3.63) is 35.9 Å². The highest BCUT2D eigenvalue weighted by Gasteiger charge is 2.40. The van der Waals surface area contributed by atoms with Crippen LogP contribution in [0.15, 0.2) is 35.3 Å². The summed E-state index contributed by atoms with van der Waals surface area (Å²) >= 11 is 0. The molecule has 0 aromatic heterocycles. The van der Waals surface area contributed by atoms with Crippen LogP contribution in [-0.4, -0.2) is 180 Å². The Morgan fingerprint density at radius 2 is 1.21 bits per heavy atom. The third-order valence-electron chi connectivity index (χ3n) is 15.0. The van der Waals surface area contributed by atoms with Crippen molar-refractivity contribution in [3.8, 4) is 0 Å². The van der Waals surface area contributed by atoms with Crippen LogP contribution in [0.4, 0.5) is 0 Å². The molecule has 85 heavy (non-hydrogen) atoms. The summed E-state index contributed by atoms with van der Waals surface area (Å²) in [6.45, 7) is 14.0. The Labute approximate surface area is 497 Å². The molecule has 0 saturated carbocycles. The number of cyclic esters (lactones) is 1. The summed E-state index contributed by atoms with van der Waals surface area (Å²) in [4.78, 5) is 168. The number of aliphatic imine (C=N–C) groups is 1. The molecule has 0 spiro atoms. The second-order valence-electron chi connectivity index (χ2n) is 21.9. The lowest BCUT2D eigenvalue weighted by Gasteiger charge is -2.31. The van der Waals surface area contributed by atoms with E-state index >= 15 is 0 Å². The molecule has 16 N–H and O–H groups in total. The molecule has 10 amide bonds. The Balaban J connectivity index is 2.36. The number of aliphatic hydroxyl groups is 2. The maximum absolute atomic E-state index is 14.3. The van der Waals surface area contributed by atoms with Gasteiger partial charge in [0.1, 0.15) is 60.5 Å². The predicted octanol–water partition coefficient (Wildman–Crippen LogP) is -2.71. The molecule has 2 rings (SSSR count). The van der Waals surface area contributed by atoms with Gasteiger partial charge in [0.05, 0.1) is 25.1 Å². The monoisotopic (exact) mass is 1200 g/mol. The van der Waals surface area contributed by atoms with Gasteiger partial charge in [-0.25, -0.2) is 4.79 Å². The molecular weight excluding hydrogens is 1110 g/mol. The number of esters is 1. The molecule has 1 saturated heterocycles. The molecule has 1 fully saturated rings. The van der Waals surface area contributed by atoms with Gasteiger partial charge >= 0.3 is 5.97 Å². The first-order valence-corrected chi connectivity index (χ1v) is 29.0. The van der Waals surface area contributed by atoms with Crippen molar-refractivity contribution in [1.82, 2.24) is 53.2 Å². The average molecular weight is 1200 g/mol. The van der Waals surface area contributed by atoms with Gasteiger partial charge in [-0.05, 0) is 76.8 Å². The summed E-state index contributed by atoms with van der Waals surface area (Å²) in [7, 11) is 1.58. The number of aliphatic hydroxyl groups excluding tert-OH is 2. The van der Waals surface area contributed by atoms with Crippen LogP contribution in [0.25, 0.3) is 0 Å². The van der Waals surface area contributed by atoms with Crippen LogP contribution in [0.3, 0.4) is 0 Å². The van der Waals surface area contributed by atoms with Crippen molar-refractivity contribution in [2.24, 2.45) is 40.1 Å². The fourth-order valence-corrected chi connectivity index (χ4v) is 8.85. The number of amidine groups is 1. The lowest BCUT2D eigenvalue weighted by molar-refractivity contribution is -0.157. The highest BCUT2D eigenvalue weighted by Crippen LogP contribution is 2.18. The zero-order chi connectivity index (χ0) is 64.2. The molecule has 28 heteroatoms. The molecule has 1 heterocycles. The van der Waals surface area contributed by atoms with Crippen LogP contribution >= 0.6 is 0 Å². The number of primary amides is 1. The van der Waals surface area contributed by atoms with Gasteiger partial charge in [0, 0.05) is 25.3 Å². The lowest BCUT2D eigenvalue weighted by atomic mass is 9.94. The molecule has 1 aromatic carbocycles. The number of hydrogen-bond donors (Lipinski definition) is 14. The van der Waals surface area contributed by atoms with Crippen LogP contribution in [0.1, 0.15) is 126 Å². The first-order valence-electron chi connectivity index (χ1n) is 29.0. The zero-order valence-electron chi connectivity index (χ0n) is 50.8. The van der Waals surface area contributed by atoms with Gasteiger partial charge in [-0.1, -0.05) is 98.1 Å². The Bertz CT molecular complexity index is 2480. The number of amides is 10. The number of nitrogens with two attached hydrogens (primary N) is 2. The topological polar surface area (TPSA) is 439 Å². The molecule has 15 atom stereocenters. The number of ether oxygens (including phenoxy) is 1. The van der Waals surface area contributed by atoms with E-state index in [1.807, 2.05) is 30.3 Å². The van der Waals surface area contributed by atoms with Crippen molar-refractivity contribution in [1.29, 1.82) is 0 Å². The predicted molar refractivity (Wildman–Crippen MR) is 313 cm³/mol. The van der Waals surface area contributed by atoms with Gasteiger partial charge in [-0.3, -0.25) is 57.7 Å². The highest BCUT2D eigenvalue weighted by atomic mass is 16.5. The Hall–Kier alpha value is -7.59. The van der Waals surface area contributed by atoms with Gasteiger partial charge in [0.2, 0.25) is 59.1 Å². The number of nitrogens with zero attached hydrogens (tertiary/aromatic N) is 1. The number of benzene rings is 1. The van der Waals surface area contributed by atoms with Gasteiger partial charge in [0.25, 0.3) is 0 Å². The summed E-state index contributed by atoms with van der Waals surface area (Å²) in [5.41, 5.74) is 11.9. The minimum Gasteiger partial charge on any atom is -0.458 e. The summed E-state index contributed by atoms with van der Waals surface area (Å²) < 4.78 is 5.75. The minimum absolute atomic E-state index is 0.108. The van der Waals surface area contributed by atoms with E-state index in [1.54, 1.807) is 55.5 Å². The smallest absolute Gasteiger partial charge is 0.329 e. The standard InChI is InChI=1S/C57H93N13O15/c1-12-29(4)44(55(82)66-41(28-72)54(81)70-47-34(9)85-57(84)46(31(6)14-3)69-50(77)37(21-18-24-61-35(10)58)63-48(75)32(7)25-42(47)73)68-56(83)45(30(5)13-2)67-51(78)38(22-23-43(59)74)64-53(80)40(27-71)65-49(76)33(8)62-52(79)39(60-11)26-36-19-16-15-17-20-36/h15-17,19-20,29-34,37-41,44-47,60,71-72H,12-14,18,21-28H2,1-11H3,(H2,58,61)(H2,59,74)(H,62,79)(H,63,75)(H,64,80)(H,65,76)(H,66,82)(H,67,78)(H,68,83)(H,69,77)(H,70,81)/t29-,30+,31-,32+,33-,34-,37-,38+,39+,40-,41-,44-,45+,46-,47+/m0/s1. The van der Waals surface area contributed by atoms with E-state index in [1.165, 1.54) is 20.8 Å². The summed E-state index contributed by atoms with van der Waals surface area (Å²) in [5.74, 6) is -13.0. The molecule has 1 aliphatic rings. The molecule has 476 valence electrons. The van der Waals surface area contributed by atoms with E-state index in [9.17, 15) is 67.7 Å². The van der Waals surface area contributed by atoms with E-state index < -0.39 is 193 Å². The van der Waals surface area contributed by atoms with Crippen LogP contribution in [0.2, 0.25) is 0 Å². The van der Waals surface area contributed by atoms with E-state index in [0.717, 1.165) is 5.56 Å². The normalized spacial score (nSPS) is 21.4. The fourth-order valence-electron chi connectivity index (χ4n) is 8.85. The number of hydrogen-bond acceptors (Lipinski definition) is 17. The van der Waals surface area contributed by atoms with Crippen molar-refractivity contribution in [2.45, 2.75) is 194 Å². The van der Waals surface area contributed by atoms with Crippen LogP contribution in [-0.2, 0) is 68.7 Å². The molecule has 1 aliphatic heterocycles. The molecule has 0 unspecified atom stereocenters. The second-order valence-corrected chi connectivity index (χ2v) is 21.9. The Kier molecular flexibility index (Phi) is 32.0. The zero-order valence-corrected chi connectivity index (χ0v) is 50.8. The van der Waals surface area contributed by atoms with Crippen LogP contribution in [0.5, 0.6) is 0 Å². The number of ketones is 1. The molecule has 0 aliphatic carbocycles. The SMILES string of the molecule is CC[C@@H](C)[C@@H](NC(=O)[C@@H](CCC(N)=O)NC(=O)[C@H](CO)NC(=O)[C@H](C)NC(=O)[C@@H](Cc1ccccc1)NC)C(=O)N[C@H](C(=O)N[C@@H](CO)C(=O)N[C@H]1C(=O)C[C@@H](C)C(=O)N[C@@H](CCCN=C(C)N)C(=O)N[C@@H]([C@@H](C)CC)C(=O)O[C@H]1C)[C@@H](C)CC. The van der Waals surface area contributed by atoms with Gasteiger partial charge < -0.3 is 79.6 Å². The Morgan fingerprint density at radius 1 is 0.682 bits per heavy atom. The number of carbonyl (C=O) groups excluding carboxylic acids is 12. The van der Waals surface area contributed by atoms with Gasteiger partial charge in [-0.2, -0.15) is 0 Å². The highest BCUT2D eigenvalue weighted by molar-refractivity contribution is 5.99. The number of carbonyl (C=O) groups is 12. The minimum atomic E-state index is -1.79. The van der Waals surface area contributed by atoms with Gasteiger partial charge in [-0.15, -0.1) is 0 Å². The maximum Gasteiger partial charge on any atom is 0.329 e. The number of Topliss-reactive ketones (excluding diaryl/α,β-unsaturated/α-hetero) is 1. The molecule has 0 bridgehead atoms. The summed E-state index contributed by atoms with van der Waals surface area (Å²) in [6.07, 6.45) is -1.12. The Morgan fingerprint density at radius 3 is 1.75 bits per heavy atom. The van der Waals surface area contributed by atoms with E-state index in [2.05, 4.69) is 58.2 Å². The first-order chi connectivity index (χ1) is 40.1. The second kappa shape index (κ2) is 37.0. The fraction of sp³-hybridized carbons (Fsp3) is 0.667. The van der Waals surface area contributed by atoms with Crippen LogP contribution < -0.4 is 64.6 Å². The molecule has 1 aromatic rings. The maximum atomic E-state index is 14.3. The summed E-state index contributed by atoms with van der Waals surface area (Å²) in [6, 6.07) is -4.76. The number of rotatable bonds is 32.